The Kier molecular flexibility index (Phi) is 3.19. The Balaban J connectivity index is 1.74. The average molecular weight is 291 g/mol. The number of aromatic amines is 2. The summed E-state index contributed by atoms with van der Waals surface area (Å²) in [5.74, 6) is 1.20. The Morgan fingerprint density at radius 3 is 2.95 bits per heavy atom. The van der Waals surface area contributed by atoms with E-state index >= 15 is 0 Å². The Morgan fingerprint density at radius 1 is 1.40 bits per heavy atom. The largest absolute Gasteiger partial charge is 0.454 e. The first-order valence-corrected chi connectivity index (χ1v) is 6.52. The minimum atomic E-state index is -0.220. The lowest BCUT2D eigenvalue weighted by Crippen LogP contribution is -2.26. The highest BCUT2D eigenvalue weighted by Crippen LogP contribution is 2.34. The Morgan fingerprint density at radius 2 is 2.20 bits per heavy atom. The summed E-state index contributed by atoms with van der Waals surface area (Å²) in [7, 11) is 0. The summed E-state index contributed by atoms with van der Waals surface area (Å²) in [6, 6.07) is 5.45. The standard InChI is InChI=1S/C13H13N3O3S/c1-7(15-12(17)9-5-14-13(20)16-9)8-2-3-10-11(4-8)19-6-18-10/h2-5,7H,6H2,1H3,(H,15,17)(H2,14,16,20). The van der Waals surface area contributed by atoms with E-state index in [1.807, 2.05) is 25.1 Å². The molecule has 0 aliphatic carbocycles. The van der Waals surface area contributed by atoms with Gasteiger partial charge in [0.05, 0.1) is 6.04 Å². The second-order valence-electron chi connectivity index (χ2n) is 4.46. The number of imidazole rings is 1. The van der Waals surface area contributed by atoms with Crippen molar-refractivity contribution < 1.29 is 14.3 Å². The topological polar surface area (TPSA) is 79.1 Å². The molecular formula is C13H13N3O3S. The van der Waals surface area contributed by atoms with E-state index in [-0.39, 0.29) is 18.7 Å². The number of carbonyl (C=O) groups is 1. The summed E-state index contributed by atoms with van der Waals surface area (Å²) in [5, 5.41) is 2.88. The summed E-state index contributed by atoms with van der Waals surface area (Å²) < 4.78 is 11.0. The highest BCUT2D eigenvalue weighted by atomic mass is 32.1. The van der Waals surface area contributed by atoms with Crippen molar-refractivity contribution in [2.45, 2.75) is 13.0 Å². The molecule has 104 valence electrons. The van der Waals surface area contributed by atoms with Crippen molar-refractivity contribution in [1.82, 2.24) is 15.3 Å². The van der Waals surface area contributed by atoms with Gasteiger partial charge in [0.25, 0.3) is 5.91 Å². The van der Waals surface area contributed by atoms with E-state index < -0.39 is 0 Å². The molecule has 1 aromatic carbocycles. The normalized spacial score (nSPS) is 14.1. The van der Waals surface area contributed by atoms with Gasteiger partial charge in [-0.3, -0.25) is 4.79 Å². The number of benzene rings is 1. The van der Waals surface area contributed by atoms with Gasteiger partial charge in [-0.05, 0) is 36.8 Å². The molecule has 2 aromatic rings. The van der Waals surface area contributed by atoms with Gasteiger partial charge in [-0.2, -0.15) is 0 Å². The summed E-state index contributed by atoms with van der Waals surface area (Å²) in [5.41, 5.74) is 1.35. The van der Waals surface area contributed by atoms with Crippen LogP contribution in [0.4, 0.5) is 0 Å². The van der Waals surface area contributed by atoms with Crippen molar-refractivity contribution in [3.05, 3.63) is 40.4 Å². The highest BCUT2D eigenvalue weighted by molar-refractivity contribution is 7.71. The van der Waals surface area contributed by atoms with Crippen LogP contribution in [0.1, 0.15) is 29.0 Å². The molecule has 0 bridgehead atoms. The van der Waals surface area contributed by atoms with Crippen LogP contribution in [-0.4, -0.2) is 22.7 Å². The van der Waals surface area contributed by atoms with E-state index in [0.29, 0.717) is 16.2 Å². The fourth-order valence-electron chi connectivity index (χ4n) is 1.99. The minimum absolute atomic E-state index is 0.158. The quantitative estimate of drug-likeness (QED) is 0.758. The van der Waals surface area contributed by atoms with E-state index in [1.54, 1.807) is 6.20 Å². The third-order valence-corrected chi connectivity index (χ3v) is 3.30. The van der Waals surface area contributed by atoms with Gasteiger partial charge in [-0.25, -0.2) is 0 Å². The van der Waals surface area contributed by atoms with Crippen LogP contribution in [0.2, 0.25) is 0 Å². The van der Waals surface area contributed by atoms with Gasteiger partial charge in [0.15, 0.2) is 16.3 Å². The zero-order valence-corrected chi connectivity index (χ0v) is 11.5. The van der Waals surface area contributed by atoms with E-state index in [1.165, 1.54) is 0 Å². The Labute approximate surface area is 120 Å². The second kappa shape index (κ2) is 5.01. The number of carbonyl (C=O) groups excluding carboxylic acids is 1. The molecule has 0 saturated heterocycles. The van der Waals surface area contributed by atoms with Gasteiger partial charge in [0.1, 0.15) is 5.69 Å². The first-order chi connectivity index (χ1) is 9.63. The lowest BCUT2D eigenvalue weighted by atomic mass is 10.1. The first kappa shape index (κ1) is 12.7. The van der Waals surface area contributed by atoms with Crippen molar-refractivity contribution in [2.75, 3.05) is 6.79 Å². The maximum atomic E-state index is 12.0. The van der Waals surface area contributed by atoms with Gasteiger partial charge in [-0.15, -0.1) is 0 Å². The van der Waals surface area contributed by atoms with Crippen molar-refractivity contribution >= 4 is 18.1 Å². The number of rotatable bonds is 3. The van der Waals surface area contributed by atoms with Crippen LogP contribution in [0.3, 0.4) is 0 Å². The van der Waals surface area contributed by atoms with Crippen LogP contribution >= 0.6 is 12.2 Å². The predicted octanol–water partition coefficient (Wildman–Crippen LogP) is 2.29. The van der Waals surface area contributed by atoms with Gasteiger partial charge in [-0.1, -0.05) is 6.07 Å². The number of H-pyrrole nitrogens is 2. The lowest BCUT2D eigenvalue weighted by molar-refractivity contribution is 0.0935. The Bertz CT molecular complexity index is 707. The minimum Gasteiger partial charge on any atom is -0.454 e. The molecule has 1 unspecified atom stereocenters. The van der Waals surface area contributed by atoms with Crippen molar-refractivity contribution in [1.29, 1.82) is 0 Å². The number of hydrogen-bond acceptors (Lipinski definition) is 4. The van der Waals surface area contributed by atoms with E-state index in [9.17, 15) is 4.79 Å². The van der Waals surface area contributed by atoms with Gasteiger partial charge in [0, 0.05) is 6.20 Å². The molecule has 6 nitrogen and oxygen atoms in total. The van der Waals surface area contributed by atoms with Gasteiger partial charge < -0.3 is 24.8 Å². The fraction of sp³-hybridized carbons (Fsp3) is 0.231. The molecule has 0 fully saturated rings. The maximum absolute atomic E-state index is 12.0. The molecule has 2 heterocycles. The third kappa shape index (κ3) is 2.39. The average Bonchev–Trinajstić information content (AvgIpc) is 3.05. The van der Waals surface area contributed by atoms with Crippen LogP contribution in [0.5, 0.6) is 11.5 Å². The fourth-order valence-corrected chi connectivity index (χ4v) is 2.16. The monoisotopic (exact) mass is 291 g/mol. The highest BCUT2D eigenvalue weighted by Gasteiger charge is 2.17. The third-order valence-electron chi connectivity index (χ3n) is 3.08. The summed E-state index contributed by atoms with van der Waals surface area (Å²) in [6.45, 7) is 2.14. The number of fused-ring (bicyclic) bond motifs is 1. The molecular weight excluding hydrogens is 278 g/mol. The summed E-state index contributed by atoms with van der Waals surface area (Å²) in [6.07, 6.45) is 1.55. The number of ether oxygens (including phenoxy) is 2. The molecule has 1 amide bonds. The first-order valence-electron chi connectivity index (χ1n) is 6.11. The molecule has 1 aliphatic heterocycles. The van der Waals surface area contributed by atoms with Gasteiger partial charge >= 0.3 is 0 Å². The maximum Gasteiger partial charge on any atom is 0.269 e. The van der Waals surface area contributed by atoms with Crippen LogP contribution < -0.4 is 14.8 Å². The zero-order valence-electron chi connectivity index (χ0n) is 10.7. The molecule has 3 rings (SSSR count). The predicted molar refractivity (Wildman–Crippen MR) is 74.4 cm³/mol. The SMILES string of the molecule is CC(NC(=O)c1c[nH]c(=S)[nH]1)c1ccc2c(c1)OCO2. The molecule has 1 aromatic heterocycles. The van der Waals surface area contributed by atoms with Crippen LogP contribution in [-0.2, 0) is 0 Å². The summed E-state index contributed by atoms with van der Waals surface area (Å²) >= 11 is 4.89. The number of hydrogen-bond donors (Lipinski definition) is 3. The molecule has 0 spiro atoms. The molecule has 3 N–H and O–H groups in total. The number of amides is 1. The molecule has 0 radical (unpaired) electrons. The zero-order chi connectivity index (χ0) is 14.1. The van der Waals surface area contributed by atoms with E-state index in [4.69, 9.17) is 21.7 Å². The molecule has 20 heavy (non-hydrogen) atoms. The van der Waals surface area contributed by atoms with Crippen LogP contribution in [0.15, 0.2) is 24.4 Å². The van der Waals surface area contributed by atoms with Crippen molar-refractivity contribution in [2.24, 2.45) is 0 Å². The van der Waals surface area contributed by atoms with Crippen molar-refractivity contribution in [3.63, 3.8) is 0 Å². The van der Waals surface area contributed by atoms with Crippen LogP contribution in [0.25, 0.3) is 0 Å². The van der Waals surface area contributed by atoms with Crippen molar-refractivity contribution in [3.8, 4) is 11.5 Å². The summed E-state index contributed by atoms with van der Waals surface area (Å²) in [4.78, 5) is 17.5. The van der Waals surface area contributed by atoms with Gasteiger partial charge in [0.2, 0.25) is 6.79 Å². The smallest absolute Gasteiger partial charge is 0.269 e. The van der Waals surface area contributed by atoms with Crippen LogP contribution in [0, 0.1) is 4.77 Å². The molecule has 1 aliphatic rings. The second-order valence-corrected chi connectivity index (χ2v) is 4.87. The number of nitrogens with one attached hydrogen (secondary N) is 3. The molecule has 1 atom stereocenters. The molecule has 7 heteroatoms. The number of aromatic nitrogens is 2. The molecule has 0 saturated carbocycles. The van der Waals surface area contributed by atoms with E-state index in [0.717, 1.165) is 11.3 Å². The lowest BCUT2D eigenvalue weighted by Gasteiger charge is -2.14. The van der Waals surface area contributed by atoms with E-state index in [2.05, 4.69) is 15.3 Å². The Hall–Kier alpha value is -2.28.